The molecule has 0 atom stereocenters. The third kappa shape index (κ3) is 5.65. The number of halogens is 2. The molecule has 0 radical (unpaired) electrons. The topological polar surface area (TPSA) is 84.5 Å². The van der Waals surface area contributed by atoms with Crippen LogP contribution in [-0.2, 0) is 14.3 Å². The highest BCUT2D eigenvalue weighted by Crippen LogP contribution is 2.19. The molecule has 2 rings (SSSR count). The average molecular weight is 391 g/mol. The van der Waals surface area contributed by atoms with Gasteiger partial charge in [-0.2, -0.15) is 0 Å². The molecule has 6 nitrogen and oxygen atoms in total. The Morgan fingerprint density at radius 2 is 1.67 bits per heavy atom. The number of carbonyl (C=O) groups is 3. The van der Waals surface area contributed by atoms with Crippen molar-refractivity contribution < 1.29 is 23.5 Å². The maximum Gasteiger partial charge on any atom is 0.337 e. The van der Waals surface area contributed by atoms with Crippen LogP contribution in [0.15, 0.2) is 54.1 Å². The van der Waals surface area contributed by atoms with Gasteiger partial charge >= 0.3 is 5.97 Å². The molecule has 0 aliphatic heterocycles. The zero-order valence-electron chi connectivity index (χ0n) is 14.5. The van der Waals surface area contributed by atoms with E-state index < -0.39 is 23.6 Å². The Morgan fingerprint density at radius 1 is 1.04 bits per heavy atom. The third-order valence-corrected chi connectivity index (χ3v) is 3.75. The van der Waals surface area contributed by atoms with Gasteiger partial charge in [0.1, 0.15) is 5.82 Å². The highest BCUT2D eigenvalue weighted by atomic mass is 35.5. The van der Waals surface area contributed by atoms with Gasteiger partial charge in [0, 0.05) is 23.0 Å². The minimum Gasteiger partial charge on any atom is -0.465 e. The van der Waals surface area contributed by atoms with Crippen LogP contribution in [0.2, 0.25) is 5.02 Å². The number of methoxy groups -OCH3 is 1. The summed E-state index contributed by atoms with van der Waals surface area (Å²) in [5.74, 6) is -2.14. The highest BCUT2D eigenvalue weighted by molar-refractivity contribution is 6.31. The van der Waals surface area contributed by atoms with Crippen LogP contribution >= 0.6 is 11.6 Å². The molecule has 27 heavy (non-hydrogen) atoms. The van der Waals surface area contributed by atoms with Gasteiger partial charge in [0.05, 0.1) is 17.7 Å². The molecule has 0 aliphatic carbocycles. The lowest BCUT2D eigenvalue weighted by Crippen LogP contribution is -2.16. The minimum absolute atomic E-state index is 0.123. The average Bonchev–Trinajstić information content (AvgIpc) is 2.64. The number of ether oxygens (including phenoxy) is 1. The fourth-order valence-corrected chi connectivity index (χ4v) is 2.23. The van der Waals surface area contributed by atoms with E-state index in [9.17, 15) is 18.8 Å². The van der Waals surface area contributed by atoms with E-state index in [0.717, 1.165) is 12.1 Å². The minimum atomic E-state index is -0.598. The molecule has 0 heterocycles. The normalized spacial score (nSPS) is 10.9. The van der Waals surface area contributed by atoms with Crippen molar-refractivity contribution in [3.63, 3.8) is 0 Å². The quantitative estimate of drug-likeness (QED) is 0.601. The number of esters is 1. The van der Waals surface area contributed by atoms with Crippen molar-refractivity contribution in [1.82, 2.24) is 0 Å². The lowest BCUT2D eigenvalue weighted by Gasteiger charge is -2.07. The summed E-state index contributed by atoms with van der Waals surface area (Å²) in [5, 5.41) is 4.97. The zero-order chi connectivity index (χ0) is 20.0. The van der Waals surface area contributed by atoms with Crippen LogP contribution in [0.25, 0.3) is 0 Å². The third-order valence-electron chi connectivity index (χ3n) is 3.46. The molecular weight excluding hydrogens is 375 g/mol. The predicted octanol–water partition coefficient (Wildman–Crippen LogP) is 3.79. The van der Waals surface area contributed by atoms with E-state index in [2.05, 4.69) is 15.4 Å². The van der Waals surface area contributed by atoms with Crippen molar-refractivity contribution in [3.05, 3.63) is 70.5 Å². The molecule has 0 aliphatic rings. The first-order valence-electron chi connectivity index (χ1n) is 7.74. The van der Waals surface area contributed by atoms with Crippen molar-refractivity contribution >= 4 is 40.8 Å². The van der Waals surface area contributed by atoms with Gasteiger partial charge in [0.15, 0.2) is 0 Å². The maximum absolute atomic E-state index is 13.1. The summed E-state index contributed by atoms with van der Waals surface area (Å²) in [7, 11) is 1.27. The molecule has 0 saturated carbocycles. The van der Waals surface area contributed by atoms with Crippen molar-refractivity contribution in [2.24, 2.45) is 0 Å². The second-order valence-electron chi connectivity index (χ2n) is 5.47. The van der Waals surface area contributed by atoms with E-state index in [4.69, 9.17) is 11.6 Å². The Morgan fingerprint density at radius 3 is 2.26 bits per heavy atom. The molecule has 2 aromatic rings. The van der Waals surface area contributed by atoms with Crippen LogP contribution in [0, 0.1) is 5.82 Å². The van der Waals surface area contributed by atoms with E-state index >= 15 is 0 Å². The number of benzene rings is 2. The Balaban J connectivity index is 1.99. The fraction of sp³-hybridized carbons (Fsp3) is 0.105. The molecular formula is C19H16ClFN2O4. The van der Waals surface area contributed by atoms with Gasteiger partial charge < -0.3 is 15.4 Å². The Kier molecular flexibility index (Phi) is 6.67. The largest absolute Gasteiger partial charge is 0.465 e. The molecule has 0 aromatic heterocycles. The first-order chi connectivity index (χ1) is 12.8. The summed E-state index contributed by atoms with van der Waals surface area (Å²) >= 11 is 5.65. The lowest BCUT2D eigenvalue weighted by atomic mass is 10.2. The number of rotatable bonds is 5. The molecule has 8 heteroatoms. The van der Waals surface area contributed by atoms with Gasteiger partial charge in [-0.3, -0.25) is 9.59 Å². The van der Waals surface area contributed by atoms with E-state index in [1.165, 1.54) is 50.4 Å². The molecule has 0 unspecified atom stereocenters. The van der Waals surface area contributed by atoms with Crippen LogP contribution < -0.4 is 10.6 Å². The Bertz CT molecular complexity index is 910. The van der Waals surface area contributed by atoms with Gasteiger partial charge in [-0.15, -0.1) is 0 Å². The summed E-state index contributed by atoms with van der Waals surface area (Å²) in [6, 6.07) is 9.83. The smallest absolute Gasteiger partial charge is 0.337 e. The second kappa shape index (κ2) is 8.95. The summed E-state index contributed by atoms with van der Waals surface area (Å²) < 4.78 is 17.7. The first kappa shape index (κ1) is 20.1. The molecule has 2 aromatic carbocycles. The Labute approximate surface area is 160 Å². The highest BCUT2D eigenvalue weighted by Gasteiger charge is 2.10. The van der Waals surface area contributed by atoms with Gasteiger partial charge in [0.25, 0.3) is 5.91 Å². The SMILES string of the molecule is COC(=O)c1ccc(NC(=O)/C(C)=C/C(=O)Nc2ccc(F)c(Cl)c2)cc1. The van der Waals surface area contributed by atoms with Gasteiger partial charge in [-0.1, -0.05) is 11.6 Å². The second-order valence-corrected chi connectivity index (χ2v) is 5.88. The van der Waals surface area contributed by atoms with Gasteiger partial charge in [0.2, 0.25) is 5.91 Å². The maximum atomic E-state index is 13.1. The number of amides is 2. The number of hydrogen-bond acceptors (Lipinski definition) is 4. The molecule has 2 amide bonds. The molecule has 0 fully saturated rings. The number of anilines is 2. The molecule has 2 N–H and O–H groups in total. The molecule has 0 spiro atoms. The fourth-order valence-electron chi connectivity index (χ4n) is 2.05. The summed E-state index contributed by atoms with van der Waals surface area (Å²) in [4.78, 5) is 35.5. The van der Waals surface area contributed by atoms with Gasteiger partial charge in [-0.25, -0.2) is 9.18 Å². The van der Waals surface area contributed by atoms with Crippen LogP contribution in [-0.4, -0.2) is 24.9 Å². The van der Waals surface area contributed by atoms with Crippen molar-refractivity contribution in [2.45, 2.75) is 6.92 Å². The molecule has 140 valence electrons. The molecule has 0 saturated heterocycles. The van der Waals surface area contributed by atoms with Crippen molar-refractivity contribution in [1.29, 1.82) is 0 Å². The van der Waals surface area contributed by atoms with Crippen molar-refractivity contribution in [2.75, 3.05) is 17.7 Å². The van der Waals surface area contributed by atoms with E-state index in [1.54, 1.807) is 0 Å². The van der Waals surface area contributed by atoms with E-state index in [-0.39, 0.29) is 10.6 Å². The van der Waals surface area contributed by atoms with Crippen LogP contribution in [0.1, 0.15) is 17.3 Å². The lowest BCUT2D eigenvalue weighted by molar-refractivity contribution is -0.114. The number of carbonyl (C=O) groups excluding carboxylic acids is 3. The van der Waals surface area contributed by atoms with E-state index in [1.807, 2.05) is 0 Å². The standard InChI is InChI=1S/C19H16ClFN2O4/c1-11(9-17(24)22-14-7-8-16(21)15(20)10-14)18(25)23-13-5-3-12(4-6-13)19(26)27-2/h3-10H,1-2H3,(H,22,24)(H,23,25)/b11-9+. The van der Waals surface area contributed by atoms with E-state index in [0.29, 0.717) is 16.9 Å². The van der Waals surface area contributed by atoms with Crippen LogP contribution in [0.5, 0.6) is 0 Å². The van der Waals surface area contributed by atoms with Crippen molar-refractivity contribution in [3.8, 4) is 0 Å². The zero-order valence-corrected chi connectivity index (χ0v) is 15.3. The Hall–Kier alpha value is -3.19. The summed E-state index contributed by atoms with van der Waals surface area (Å²) in [6.45, 7) is 1.47. The first-order valence-corrected chi connectivity index (χ1v) is 8.12. The van der Waals surface area contributed by atoms with Gasteiger partial charge in [-0.05, 0) is 49.4 Å². The van der Waals surface area contributed by atoms with Crippen LogP contribution in [0.3, 0.4) is 0 Å². The van der Waals surface area contributed by atoms with Crippen LogP contribution in [0.4, 0.5) is 15.8 Å². The number of nitrogens with one attached hydrogen (secondary N) is 2. The summed E-state index contributed by atoms with van der Waals surface area (Å²) in [6.07, 6.45) is 1.11. The number of hydrogen-bond donors (Lipinski definition) is 2. The molecule has 0 bridgehead atoms. The monoisotopic (exact) mass is 390 g/mol. The predicted molar refractivity (Wildman–Crippen MR) is 100 cm³/mol. The summed E-state index contributed by atoms with van der Waals surface area (Å²) in [5.41, 5.74) is 1.25.